The average Bonchev–Trinajstić information content (AvgIpc) is 2.57. The third-order valence-electron chi connectivity index (χ3n) is 3.63. The van der Waals surface area contributed by atoms with Crippen molar-refractivity contribution in [3.63, 3.8) is 0 Å². The highest BCUT2D eigenvalue weighted by molar-refractivity contribution is 7.88. The van der Waals surface area contributed by atoms with Gasteiger partial charge in [0.05, 0.1) is 6.26 Å². The van der Waals surface area contributed by atoms with Gasteiger partial charge in [0.2, 0.25) is 10.0 Å². The van der Waals surface area contributed by atoms with Gasteiger partial charge in [0.1, 0.15) is 0 Å². The minimum atomic E-state index is -3.19. The summed E-state index contributed by atoms with van der Waals surface area (Å²) in [4.78, 5) is 0. The van der Waals surface area contributed by atoms with Crippen molar-refractivity contribution in [1.82, 2.24) is 4.72 Å². The van der Waals surface area contributed by atoms with Crippen LogP contribution in [0.1, 0.15) is 18.9 Å². The first-order chi connectivity index (χ1) is 12.3. The standard InChI is InChI=1S/C18H23FN2O4S/c1-3-13-5-7-18(16(22)11-13)25-17-8-6-14(12-15(17)19)20-9-4-10-21-26(2,23)24/h5-8,11-12,20-22H,3-4,9-10H2,1-2H3. The highest BCUT2D eigenvalue weighted by Gasteiger charge is 2.10. The molecule has 6 nitrogen and oxygen atoms in total. The summed E-state index contributed by atoms with van der Waals surface area (Å²) in [5.41, 5.74) is 1.51. The van der Waals surface area contributed by atoms with Crippen molar-refractivity contribution in [2.75, 3.05) is 24.7 Å². The summed E-state index contributed by atoms with van der Waals surface area (Å²) < 4.78 is 43.9. The van der Waals surface area contributed by atoms with Crippen LogP contribution >= 0.6 is 0 Å². The van der Waals surface area contributed by atoms with E-state index in [-0.39, 0.29) is 17.2 Å². The summed E-state index contributed by atoms with van der Waals surface area (Å²) in [5.74, 6) is -0.407. The van der Waals surface area contributed by atoms with Crippen LogP contribution in [-0.2, 0) is 16.4 Å². The van der Waals surface area contributed by atoms with Crippen molar-refractivity contribution in [3.8, 4) is 17.2 Å². The summed E-state index contributed by atoms with van der Waals surface area (Å²) in [6.45, 7) is 2.77. The van der Waals surface area contributed by atoms with Gasteiger partial charge in [0.15, 0.2) is 23.1 Å². The molecule has 2 rings (SSSR count). The molecule has 0 bridgehead atoms. The van der Waals surface area contributed by atoms with Crippen molar-refractivity contribution in [2.45, 2.75) is 19.8 Å². The van der Waals surface area contributed by atoms with Crippen LogP contribution in [0.15, 0.2) is 36.4 Å². The van der Waals surface area contributed by atoms with Crippen molar-refractivity contribution in [3.05, 3.63) is 47.8 Å². The smallest absolute Gasteiger partial charge is 0.208 e. The molecule has 2 aromatic rings. The third-order valence-corrected chi connectivity index (χ3v) is 4.36. The predicted octanol–water partition coefficient (Wildman–Crippen LogP) is 3.24. The zero-order valence-electron chi connectivity index (χ0n) is 14.8. The Morgan fingerprint density at radius 2 is 1.85 bits per heavy atom. The second-order valence-electron chi connectivity index (χ2n) is 5.85. The number of hydrogen-bond acceptors (Lipinski definition) is 5. The van der Waals surface area contributed by atoms with Crippen LogP contribution in [0.5, 0.6) is 17.2 Å². The summed E-state index contributed by atoms with van der Waals surface area (Å²) in [6.07, 6.45) is 2.44. The Morgan fingerprint density at radius 1 is 1.12 bits per heavy atom. The molecule has 142 valence electrons. The second kappa shape index (κ2) is 8.86. The first-order valence-corrected chi connectivity index (χ1v) is 10.2. The fourth-order valence-electron chi connectivity index (χ4n) is 2.26. The fourth-order valence-corrected chi connectivity index (χ4v) is 2.78. The number of nitrogens with one attached hydrogen (secondary N) is 2. The number of halogens is 1. The van der Waals surface area contributed by atoms with E-state index in [9.17, 15) is 17.9 Å². The number of ether oxygens (including phenoxy) is 1. The van der Waals surface area contributed by atoms with Gasteiger partial charge in [-0.25, -0.2) is 17.5 Å². The maximum absolute atomic E-state index is 14.2. The SMILES string of the molecule is CCc1ccc(Oc2ccc(NCCCNS(C)(=O)=O)cc2F)c(O)c1. The molecule has 0 aliphatic carbocycles. The van der Waals surface area contributed by atoms with E-state index in [4.69, 9.17) is 4.74 Å². The Kier molecular flexibility index (Phi) is 6.82. The van der Waals surface area contributed by atoms with Gasteiger partial charge in [-0.3, -0.25) is 0 Å². The molecule has 0 aromatic heterocycles. The molecule has 0 spiro atoms. The van der Waals surface area contributed by atoms with Gasteiger partial charge < -0.3 is 15.2 Å². The normalized spacial score (nSPS) is 11.3. The van der Waals surface area contributed by atoms with Crippen LogP contribution in [0.3, 0.4) is 0 Å². The molecule has 0 radical (unpaired) electrons. The van der Waals surface area contributed by atoms with Gasteiger partial charge in [0, 0.05) is 24.8 Å². The van der Waals surface area contributed by atoms with E-state index in [1.165, 1.54) is 12.1 Å². The first-order valence-electron chi connectivity index (χ1n) is 8.26. The molecule has 0 saturated carbocycles. The van der Waals surface area contributed by atoms with Crippen molar-refractivity contribution >= 4 is 15.7 Å². The number of aryl methyl sites for hydroxylation is 1. The molecule has 0 amide bonds. The topological polar surface area (TPSA) is 87.7 Å². The van der Waals surface area contributed by atoms with E-state index in [0.29, 0.717) is 25.2 Å². The van der Waals surface area contributed by atoms with Gasteiger partial charge >= 0.3 is 0 Å². The van der Waals surface area contributed by atoms with Crippen LogP contribution < -0.4 is 14.8 Å². The Balaban J connectivity index is 1.92. The average molecular weight is 382 g/mol. The van der Waals surface area contributed by atoms with Crippen LogP contribution in [0, 0.1) is 5.82 Å². The van der Waals surface area contributed by atoms with E-state index >= 15 is 0 Å². The highest BCUT2D eigenvalue weighted by Crippen LogP contribution is 2.33. The molecule has 0 fully saturated rings. The van der Waals surface area contributed by atoms with E-state index in [0.717, 1.165) is 18.2 Å². The number of anilines is 1. The molecule has 0 heterocycles. The van der Waals surface area contributed by atoms with E-state index < -0.39 is 15.8 Å². The predicted molar refractivity (Wildman–Crippen MR) is 99.9 cm³/mol. The summed E-state index contributed by atoms with van der Waals surface area (Å²) in [5, 5.41) is 13.0. The van der Waals surface area contributed by atoms with Gasteiger partial charge in [-0.2, -0.15) is 0 Å². The summed E-state index contributed by atoms with van der Waals surface area (Å²) >= 11 is 0. The molecule has 3 N–H and O–H groups in total. The lowest BCUT2D eigenvalue weighted by atomic mass is 10.1. The minimum Gasteiger partial charge on any atom is -0.504 e. The lowest BCUT2D eigenvalue weighted by Crippen LogP contribution is -2.24. The number of phenols is 1. The molecule has 0 unspecified atom stereocenters. The Bertz CT molecular complexity index is 856. The zero-order valence-corrected chi connectivity index (χ0v) is 15.6. The number of rotatable bonds is 9. The van der Waals surface area contributed by atoms with Gasteiger partial charge in [-0.15, -0.1) is 0 Å². The molecule has 0 aliphatic heterocycles. The number of hydrogen-bond donors (Lipinski definition) is 3. The van der Waals surface area contributed by atoms with Gasteiger partial charge in [-0.05, 0) is 42.7 Å². The van der Waals surface area contributed by atoms with Crippen LogP contribution in [0.25, 0.3) is 0 Å². The number of phenolic OH excluding ortho intramolecular Hbond substituents is 1. The van der Waals surface area contributed by atoms with Crippen molar-refractivity contribution in [2.24, 2.45) is 0 Å². The second-order valence-corrected chi connectivity index (χ2v) is 7.68. The Hall–Kier alpha value is -2.32. The van der Waals surface area contributed by atoms with Crippen LogP contribution in [0.4, 0.5) is 10.1 Å². The van der Waals surface area contributed by atoms with E-state index in [1.54, 1.807) is 18.2 Å². The summed E-state index contributed by atoms with van der Waals surface area (Å²) in [7, 11) is -3.19. The number of aromatic hydroxyl groups is 1. The molecule has 26 heavy (non-hydrogen) atoms. The Morgan fingerprint density at radius 3 is 2.46 bits per heavy atom. The minimum absolute atomic E-state index is 0.00819. The number of benzene rings is 2. The number of sulfonamides is 1. The molecule has 0 saturated heterocycles. The lowest BCUT2D eigenvalue weighted by Gasteiger charge is -2.11. The van der Waals surface area contributed by atoms with Gasteiger partial charge in [-0.1, -0.05) is 13.0 Å². The van der Waals surface area contributed by atoms with Crippen LogP contribution in [0.2, 0.25) is 0 Å². The third kappa shape index (κ3) is 6.20. The largest absolute Gasteiger partial charge is 0.504 e. The van der Waals surface area contributed by atoms with Gasteiger partial charge in [0.25, 0.3) is 0 Å². The molecular formula is C18H23FN2O4S. The summed E-state index contributed by atoms with van der Waals surface area (Å²) in [6, 6.07) is 9.42. The lowest BCUT2D eigenvalue weighted by molar-refractivity contribution is 0.395. The molecule has 0 aliphatic rings. The molecule has 0 atom stereocenters. The van der Waals surface area contributed by atoms with E-state index in [1.807, 2.05) is 13.0 Å². The van der Waals surface area contributed by atoms with Crippen molar-refractivity contribution < 1.29 is 22.7 Å². The molecule has 8 heteroatoms. The molecular weight excluding hydrogens is 359 g/mol. The maximum atomic E-state index is 14.2. The Labute approximate surface area is 153 Å². The van der Waals surface area contributed by atoms with E-state index in [2.05, 4.69) is 10.0 Å². The highest BCUT2D eigenvalue weighted by atomic mass is 32.2. The monoisotopic (exact) mass is 382 g/mol. The van der Waals surface area contributed by atoms with Crippen molar-refractivity contribution in [1.29, 1.82) is 0 Å². The maximum Gasteiger partial charge on any atom is 0.208 e. The molecule has 2 aromatic carbocycles. The fraction of sp³-hybridized carbons (Fsp3) is 0.333. The quantitative estimate of drug-likeness (QED) is 0.580. The first kappa shape index (κ1) is 20.0. The zero-order chi connectivity index (χ0) is 19.2. The van der Waals surface area contributed by atoms with Crippen LogP contribution in [-0.4, -0.2) is 32.9 Å².